The summed E-state index contributed by atoms with van der Waals surface area (Å²) in [5.41, 5.74) is 1.41. The van der Waals surface area contributed by atoms with Gasteiger partial charge in [0.05, 0.1) is 17.5 Å². The number of sulfonamides is 1. The molecule has 0 radical (unpaired) electrons. The Labute approximate surface area is 186 Å². The Morgan fingerprint density at radius 1 is 1.00 bits per heavy atom. The fourth-order valence-corrected chi connectivity index (χ4v) is 4.57. The molecule has 0 aliphatic carbocycles. The van der Waals surface area contributed by atoms with Crippen molar-refractivity contribution in [1.82, 2.24) is 9.62 Å². The summed E-state index contributed by atoms with van der Waals surface area (Å²) in [7, 11) is -3.95. The van der Waals surface area contributed by atoms with Crippen LogP contribution in [-0.4, -0.2) is 25.2 Å². The predicted molar refractivity (Wildman–Crippen MR) is 118 cm³/mol. The molecule has 0 spiro atoms. The molecule has 0 aromatic heterocycles. The van der Waals surface area contributed by atoms with Gasteiger partial charge in [0.25, 0.3) is 0 Å². The Hall–Kier alpha value is -2.74. The number of carbonyl (C=O) groups excluding carboxylic acids is 1. The minimum absolute atomic E-state index is 0.0692. The molecule has 8 heteroatoms. The lowest BCUT2D eigenvalue weighted by atomic mass is 10.1. The monoisotopic (exact) mass is 460 g/mol. The van der Waals surface area contributed by atoms with Gasteiger partial charge in [-0.2, -0.15) is 4.31 Å². The number of nitrogens with zero attached hydrogens (tertiary/aromatic N) is 1. The SMILES string of the molecule is C[C@H](NC(=O)CN(Cc1ccc(F)cc1)S(=O)(=O)c1ccccc1)c1ccc(Cl)cc1. The number of halogens is 2. The van der Waals surface area contributed by atoms with Gasteiger partial charge >= 0.3 is 0 Å². The van der Waals surface area contributed by atoms with E-state index in [1.807, 2.05) is 0 Å². The van der Waals surface area contributed by atoms with Crippen LogP contribution in [0.3, 0.4) is 0 Å². The highest BCUT2D eigenvalue weighted by atomic mass is 35.5. The van der Waals surface area contributed by atoms with E-state index in [1.54, 1.807) is 49.4 Å². The fourth-order valence-electron chi connectivity index (χ4n) is 3.04. The lowest BCUT2D eigenvalue weighted by molar-refractivity contribution is -0.122. The third-order valence-corrected chi connectivity index (χ3v) is 6.78. The van der Waals surface area contributed by atoms with E-state index in [0.717, 1.165) is 9.87 Å². The first-order valence-corrected chi connectivity index (χ1v) is 11.4. The van der Waals surface area contributed by atoms with Crippen LogP contribution < -0.4 is 5.32 Å². The van der Waals surface area contributed by atoms with E-state index < -0.39 is 21.7 Å². The van der Waals surface area contributed by atoms with Crippen LogP contribution in [0, 0.1) is 5.82 Å². The van der Waals surface area contributed by atoms with E-state index in [9.17, 15) is 17.6 Å². The van der Waals surface area contributed by atoms with Crippen molar-refractivity contribution in [2.24, 2.45) is 0 Å². The molecule has 0 aliphatic rings. The quantitative estimate of drug-likeness (QED) is 0.536. The van der Waals surface area contributed by atoms with Crippen LogP contribution in [0.1, 0.15) is 24.1 Å². The Balaban J connectivity index is 1.81. The molecular weight excluding hydrogens is 439 g/mol. The Morgan fingerprint density at radius 2 is 1.61 bits per heavy atom. The summed E-state index contributed by atoms with van der Waals surface area (Å²) in [4.78, 5) is 12.8. The second-order valence-electron chi connectivity index (χ2n) is 7.05. The normalized spacial score (nSPS) is 12.5. The highest BCUT2D eigenvalue weighted by molar-refractivity contribution is 7.89. The number of hydrogen-bond donors (Lipinski definition) is 1. The lowest BCUT2D eigenvalue weighted by Gasteiger charge is -2.23. The van der Waals surface area contributed by atoms with Gasteiger partial charge in [0, 0.05) is 11.6 Å². The Kier molecular flexibility index (Phi) is 7.43. The van der Waals surface area contributed by atoms with Crippen molar-refractivity contribution >= 4 is 27.5 Å². The maximum absolute atomic E-state index is 13.3. The molecule has 1 amide bonds. The largest absolute Gasteiger partial charge is 0.348 e. The summed E-state index contributed by atoms with van der Waals surface area (Å²) in [6, 6.07) is 20.1. The second kappa shape index (κ2) is 10.0. The predicted octanol–water partition coefficient (Wildman–Crippen LogP) is 4.55. The van der Waals surface area contributed by atoms with E-state index in [0.29, 0.717) is 10.6 Å². The first kappa shape index (κ1) is 22.9. The fraction of sp³-hybridized carbons (Fsp3) is 0.174. The van der Waals surface area contributed by atoms with Gasteiger partial charge in [0.15, 0.2) is 0 Å². The zero-order valence-corrected chi connectivity index (χ0v) is 18.4. The molecule has 0 unspecified atom stereocenters. The van der Waals surface area contributed by atoms with Gasteiger partial charge < -0.3 is 5.32 Å². The number of hydrogen-bond acceptors (Lipinski definition) is 3. The van der Waals surface area contributed by atoms with E-state index in [4.69, 9.17) is 11.6 Å². The summed E-state index contributed by atoms with van der Waals surface area (Å²) in [5, 5.41) is 3.40. The summed E-state index contributed by atoms with van der Waals surface area (Å²) in [6.07, 6.45) is 0. The molecule has 31 heavy (non-hydrogen) atoms. The highest BCUT2D eigenvalue weighted by Crippen LogP contribution is 2.20. The van der Waals surface area contributed by atoms with Crippen molar-refractivity contribution in [2.75, 3.05) is 6.54 Å². The van der Waals surface area contributed by atoms with Crippen LogP contribution in [0.2, 0.25) is 5.02 Å². The second-order valence-corrected chi connectivity index (χ2v) is 9.43. The van der Waals surface area contributed by atoms with Gasteiger partial charge in [-0.3, -0.25) is 4.79 Å². The molecule has 1 N–H and O–H groups in total. The summed E-state index contributed by atoms with van der Waals surface area (Å²) in [5.74, 6) is -0.875. The molecule has 162 valence electrons. The molecule has 1 atom stereocenters. The van der Waals surface area contributed by atoms with E-state index >= 15 is 0 Å². The van der Waals surface area contributed by atoms with Crippen molar-refractivity contribution in [2.45, 2.75) is 24.4 Å². The third kappa shape index (κ3) is 6.13. The van der Waals surface area contributed by atoms with Crippen molar-refractivity contribution < 1.29 is 17.6 Å². The van der Waals surface area contributed by atoms with Crippen LogP contribution in [0.5, 0.6) is 0 Å². The standard InChI is InChI=1S/C23H22ClFN2O3S/c1-17(19-9-11-20(24)12-10-19)26-23(28)16-27(15-18-7-13-21(25)14-8-18)31(29,30)22-5-3-2-4-6-22/h2-14,17H,15-16H2,1H3,(H,26,28)/t17-/m0/s1. The average Bonchev–Trinajstić information content (AvgIpc) is 2.75. The van der Waals surface area contributed by atoms with Gasteiger partial charge in [-0.25, -0.2) is 12.8 Å². The molecule has 3 aromatic carbocycles. The van der Waals surface area contributed by atoms with Gasteiger partial charge in [-0.05, 0) is 54.4 Å². The van der Waals surface area contributed by atoms with Crippen LogP contribution in [0.15, 0.2) is 83.8 Å². The molecule has 3 rings (SSSR count). The molecule has 0 saturated heterocycles. The maximum atomic E-state index is 13.3. The Morgan fingerprint density at radius 3 is 2.23 bits per heavy atom. The van der Waals surface area contributed by atoms with Crippen LogP contribution in [-0.2, 0) is 21.4 Å². The molecule has 5 nitrogen and oxygen atoms in total. The van der Waals surface area contributed by atoms with Gasteiger partial charge in [-0.1, -0.05) is 54.1 Å². The molecule has 0 saturated carbocycles. The number of rotatable bonds is 8. The zero-order valence-electron chi connectivity index (χ0n) is 16.8. The van der Waals surface area contributed by atoms with E-state index in [1.165, 1.54) is 36.4 Å². The molecule has 0 heterocycles. The van der Waals surface area contributed by atoms with Gasteiger partial charge in [0.2, 0.25) is 15.9 Å². The summed E-state index contributed by atoms with van der Waals surface area (Å²) in [6.45, 7) is 1.35. The van der Waals surface area contributed by atoms with E-state index in [2.05, 4.69) is 5.32 Å². The average molecular weight is 461 g/mol. The highest BCUT2D eigenvalue weighted by Gasteiger charge is 2.27. The number of amides is 1. The molecule has 0 aliphatic heterocycles. The van der Waals surface area contributed by atoms with E-state index in [-0.39, 0.29) is 24.0 Å². The molecular formula is C23H22ClFN2O3S. The van der Waals surface area contributed by atoms with Gasteiger partial charge in [-0.15, -0.1) is 0 Å². The first-order valence-electron chi connectivity index (χ1n) is 9.60. The minimum Gasteiger partial charge on any atom is -0.348 e. The van der Waals surface area contributed by atoms with Crippen LogP contribution in [0.4, 0.5) is 4.39 Å². The maximum Gasteiger partial charge on any atom is 0.243 e. The summed E-state index contributed by atoms with van der Waals surface area (Å²) < 4.78 is 40.7. The lowest BCUT2D eigenvalue weighted by Crippen LogP contribution is -2.41. The number of carbonyl (C=O) groups is 1. The van der Waals surface area contributed by atoms with Crippen molar-refractivity contribution in [1.29, 1.82) is 0 Å². The molecule has 0 fully saturated rings. The van der Waals surface area contributed by atoms with Crippen molar-refractivity contribution in [3.63, 3.8) is 0 Å². The summed E-state index contributed by atoms with van der Waals surface area (Å²) >= 11 is 5.90. The first-order chi connectivity index (χ1) is 14.8. The smallest absolute Gasteiger partial charge is 0.243 e. The Bertz CT molecular complexity index is 1120. The van der Waals surface area contributed by atoms with Crippen molar-refractivity contribution in [3.8, 4) is 0 Å². The molecule has 0 bridgehead atoms. The minimum atomic E-state index is -3.95. The van der Waals surface area contributed by atoms with Crippen molar-refractivity contribution in [3.05, 3.63) is 101 Å². The number of nitrogens with one attached hydrogen (secondary N) is 1. The third-order valence-electron chi connectivity index (χ3n) is 4.72. The van der Waals surface area contributed by atoms with Crippen LogP contribution >= 0.6 is 11.6 Å². The zero-order chi connectivity index (χ0) is 22.4. The number of benzene rings is 3. The van der Waals surface area contributed by atoms with Gasteiger partial charge in [0.1, 0.15) is 5.82 Å². The molecule has 3 aromatic rings. The van der Waals surface area contributed by atoms with Crippen LogP contribution in [0.25, 0.3) is 0 Å². The topological polar surface area (TPSA) is 66.5 Å².